The fraction of sp³-hybridized carbons (Fsp3) is 0.556. The Bertz CT molecular complexity index is 277. The van der Waals surface area contributed by atoms with Crippen molar-refractivity contribution in [2.45, 2.75) is 27.7 Å². The summed E-state index contributed by atoms with van der Waals surface area (Å²) in [6, 6.07) is 0. The first-order valence-electron chi connectivity index (χ1n) is 3.75. The molecule has 2 aliphatic rings. The molecule has 0 spiro atoms. The van der Waals surface area contributed by atoms with Crippen molar-refractivity contribution in [1.29, 1.82) is 0 Å². The first-order chi connectivity index (χ1) is 4.55. The summed E-state index contributed by atoms with van der Waals surface area (Å²) in [5.41, 5.74) is 3.71. The van der Waals surface area contributed by atoms with Crippen LogP contribution >= 0.6 is 0 Å². The van der Waals surface area contributed by atoms with E-state index in [1.165, 1.54) is 0 Å². The molecule has 0 saturated heterocycles. The molecule has 2 rings (SSSR count). The van der Waals surface area contributed by atoms with Crippen molar-refractivity contribution in [3.63, 3.8) is 0 Å². The minimum Gasteiger partial charge on any atom is -1.00 e. The minimum absolute atomic E-state index is 0. The Kier molecular flexibility index (Phi) is 4.77. The molecule has 0 aromatic heterocycles. The fourth-order valence-corrected chi connectivity index (χ4v) is 4.13. The van der Waals surface area contributed by atoms with Gasteiger partial charge in [0.15, 0.2) is 0 Å². The van der Waals surface area contributed by atoms with Crippen LogP contribution in [0.25, 0.3) is 0 Å². The number of hydrogen-bond donors (Lipinski definition) is 0. The first kappa shape index (κ1) is 15.5. The average molecular weight is 225 g/mol. The molecule has 0 saturated carbocycles. The molecule has 0 radical (unpaired) electrons. The summed E-state index contributed by atoms with van der Waals surface area (Å²) in [5.74, 6) is 0. The Labute approximate surface area is 85.5 Å². The molecule has 1 heterocycles. The van der Waals surface area contributed by atoms with Crippen LogP contribution in [0, 0.1) is 5.41 Å². The van der Waals surface area contributed by atoms with Gasteiger partial charge in [0, 0.05) is 0 Å². The predicted octanol–water partition coefficient (Wildman–Crippen LogP) is -6.32. The molecule has 1 aliphatic heterocycles. The maximum Gasteiger partial charge on any atom is -1.00 e. The molecule has 0 aromatic carbocycles. The third-order valence-corrected chi connectivity index (χ3v) is 5.67. The van der Waals surface area contributed by atoms with Gasteiger partial charge in [-0.05, 0) is 0 Å². The zero-order chi connectivity index (χ0) is 7.52. The van der Waals surface area contributed by atoms with E-state index in [-0.39, 0.29) is 14.1 Å². The smallest absolute Gasteiger partial charge is 1.00 e. The van der Waals surface area contributed by atoms with Gasteiger partial charge in [0.1, 0.15) is 0 Å². The largest absolute Gasteiger partial charge is 1.00 e. The van der Waals surface area contributed by atoms with E-state index in [9.17, 15) is 0 Å². The van der Waals surface area contributed by atoms with Crippen molar-refractivity contribution in [3.05, 3.63) is 18.9 Å². The first-order valence-corrected chi connectivity index (χ1v) is 5.31. The molecule has 13 heavy (non-hydrogen) atoms. The predicted molar refractivity (Wildman–Crippen MR) is 39.2 cm³/mol. The van der Waals surface area contributed by atoms with Crippen LogP contribution in [-0.4, -0.2) is 0 Å². The summed E-state index contributed by atoms with van der Waals surface area (Å²) >= 11 is 0.296. The molecule has 0 bridgehead atoms. The SMILES string of the molecule is CC1=C(C)C(C)(C)[C]2=[C]1[Ti+3]2.[F-].[F-].[F-]. The van der Waals surface area contributed by atoms with E-state index in [0.29, 0.717) is 24.6 Å². The molecule has 0 unspecified atom stereocenters. The maximum atomic E-state index is 2.37. The van der Waals surface area contributed by atoms with E-state index in [1.54, 1.807) is 15.0 Å². The number of rotatable bonds is 0. The van der Waals surface area contributed by atoms with Gasteiger partial charge in [0.05, 0.1) is 0 Å². The Morgan fingerprint density at radius 2 is 1.46 bits per heavy atom. The summed E-state index contributed by atoms with van der Waals surface area (Å²) < 4.78 is 3.60. The molecule has 0 nitrogen and oxygen atoms in total. The second-order valence-corrected chi connectivity index (χ2v) is 5.70. The molecular formula is C9H12F3Ti. The number of allylic oxidation sites excluding steroid dienone is 4. The number of halogens is 3. The standard InChI is InChI=1S/C9H12.3FH.Ti/c1-7-5-6-9(3,4)8(7)2;;;;/h1-4H3;3*1H;/q;;;;+3/p-3. The Morgan fingerprint density at radius 1 is 1.00 bits per heavy atom. The molecule has 0 N–H and O–H groups in total. The second-order valence-electron chi connectivity index (χ2n) is 3.75. The van der Waals surface area contributed by atoms with Gasteiger partial charge in [-0.25, -0.2) is 0 Å². The topological polar surface area (TPSA) is 0 Å². The zero-order valence-electron chi connectivity index (χ0n) is 8.13. The molecule has 0 amide bonds. The normalized spacial score (nSPS) is 20.0. The molecular weight excluding hydrogens is 213 g/mol. The Hall–Kier alpha value is -0.0157. The van der Waals surface area contributed by atoms with Gasteiger partial charge in [-0.3, -0.25) is 0 Å². The molecule has 0 aromatic rings. The average Bonchev–Trinajstić information content (AvgIpc) is 2.58. The molecule has 1 aliphatic carbocycles. The van der Waals surface area contributed by atoms with Crippen LogP contribution in [0.3, 0.4) is 0 Å². The van der Waals surface area contributed by atoms with E-state index >= 15 is 0 Å². The van der Waals surface area contributed by atoms with Gasteiger partial charge in [0.25, 0.3) is 0 Å². The van der Waals surface area contributed by atoms with E-state index < -0.39 is 0 Å². The van der Waals surface area contributed by atoms with Crippen LogP contribution in [0.4, 0.5) is 0 Å². The number of hydrogen-bond acceptors (Lipinski definition) is 0. The quantitative estimate of drug-likeness (QED) is 0.360. The summed E-state index contributed by atoms with van der Waals surface area (Å²) in [4.78, 5) is 0. The van der Waals surface area contributed by atoms with Crippen LogP contribution in [0.15, 0.2) is 18.9 Å². The summed E-state index contributed by atoms with van der Waals surface area (Å²) in [6.45, 7) is 9.30. The summed E-state index contributed by atoms with van der Waals surface area (Å²) in [7, 11) is 0. The van der Waals surface area contributed by atoms with Crippen molar-refractivity contribution in [2.24, 2.45) is 5.41 Å². The van der Waals surface area contributed by atoms with E-state index in [4.69, 9.17) is 0 Å². The van der Waals surface area contributed by atoms with Gasteiger partial charge < -0.3 is 14.1 Å². The molecule has 4 heteroatoms. The van der Waals surface area contributed by atoms with Crippen LogP contribution in [0.5, 0.6) is 0 Å². The summed E-state index contributed by atoms with van der Waals surface area (Å²) in [6.07, 6.45) is 0. The van der Waals surface area contributed by atoms with Crippen LogP contribution in [-0.2, 0) is 19.2 Å². The summed E-state index contributed by atoms with van der Waals surface area (Å²) in [5, 5.41) is 0. The van der Waals surface area contributed by atoms with Crippen molar-refractivity contribution in [3.8, 4) is 0 Å². The van der Waals surface area contributed by atoms with E-state index in [0.717, 1.165) is 0 Å². The van der Waals surface area contributed by atoms with Crippen molar-refractivity contribution >= 4 is 0 Å². The van der Waals surface area contributed by atoms with Crippen LogP contribution in [0.2, 0.25) is 0 Å². The molecule has 0 atom stereocenters. The monoisotopic (exact) mass is 225 g/mol. The zero-order valence-corrected chi connectivity index (χ0v) is 9.70. The minimum atomic E-state index is 0. The molecule has 0 fully saturated rings. The van der Waals surface area contributed by atoms with Gasteiger partial charge >= 0.3 is 71.2 Å². The van der Waals surface area contributed by atoms with Gasteiger partial charge in [-0.1, -0.05) is 0 Å². The van der Waals surface area contributed by atoms with Crippen molar-refractivity contribution in [1.82, 2.24) is 0 Å². The van der Waals surface area contributed by atoms with Crippen LogP contribution < -0.4 is 14.1 Å². The Morgan fingerprint density at radius 3 is 1.62 bits per heavy atom. The Balaban J connectivity index is 0. The third kappa shape index (κ3) is 1.77. The maximum absolute atomic E-state index is 2.37. The molecule has 73 valence electrons. The van der Waals surface area contributed by atoms with Gasteiger partial charge in [-0.2, -0.15) is 0 Å². The van der Waals surface area contributed by atoms with E-state index in [2.05, 4.69) is 27.7 Å². The van der Waals surface area contributed by atoms with E-state index in [1.807, 2.05) is 3.88 Å². The van der Waals surface area contributed by atoms with Gasteiger partial charge in [-0.15, -0.1) is 0 Å². The van der Waals surface area contributed by atoms with Crippen LogP contribution in [0.1, 0.15) is 27.7 Å². The van der Waals surface area contributed by atoms with Crippen molar-refractivity contribution < 1.29 is 33.3 Å². The second kappa shape index (κ2) is 4.01. The third-order valence-electron chi connectivity index (χ3n) is 2.94. The van der Waals surface area contributed by atoms with Crippen molar-refractivity contribution in [2.75, 3.05) is 0 Å². The van der Waals surface area contributed by atoms with Gasteiger partial charge in [0.2, 0.25) is 0 Å². The fourth-order valence-electron chi connectivity index (χ4n) is 1.69.